The monoisotopic (exact) mass is 315 g/mol. The van der Waals surface area contributed by atoms with Crippen LogP contribution < -0.4 is 4.90 Å². The van der Waals surface area contributed by atoms with Crippen molar-refractivity contribution in [3.8, 4) is 0 Å². The van der Waals surface area contributed by atoms with Crippen molar-refractivity contribution >= 4 is 23.2 Å². The van der Waals surface area contributed by atoms with Gasteiger partial charge in [0, 0.05) is 43.3 Å². The van der Waals surface area contributed by atoms with E-state index < -0.39 is 0 Å². The van der Waals surface area contributed by atoms with Crippen LogP contribution in [0.3, 0.4) is 0 Å². The van der Waals surface area contributed by atoms with E-state index in [0.29, 0.717) is 12.5 Å². The summed E-state index contributed by atoms with van der Waals surface area (Å²) in [5.74, 6) is 1.42. The Kier molecular flexibility index (Phi) is 3.29. The van der Waals surface area contributed by atoms with Gasteiger partial charge in [0.25, 0.3) is 0 Å². The molecule has 4 heterocycles. The zero-order chi connectivity index (χ0) is 15.1. The van der Waals surface area contributed by atoms with E-state index in [1.165, 1.54) is 0 Å². The molecule has 0 radical (unpaired) electrons. The molecule has 2 aromatic heterocycles. The molecule has 0 aliphatic carbocycles. The minimum Gasteiger partial charge on any atom is -0.340 e. The number of carbonyl (C=O) groups is 1. The third-order valence-electron chi connectivity index (χ3n) is 4.38. The molecule has 0 unspecified atom stereocenters. The Morgan fingerprint density at radius 2 is 2.09 bits per heavy atom. The number of aromatic nitrogens is 3. The predicted octanol–water partition coefficient (Wildman–Crippen LogP) is 1.34. The maximum Gasteiger partial charge on any atom is 0.228 e. The number of rotatable bonds is 3. The minimum absolute atomic E-state index is 0.0727. The van der Waals surface area contributed by atoms with Crippen LogP contribution in [0.4, 0.5) is 5.95 Å². The first-order chi connectivity index (χ1) is 10.7. The molecule has 2 aliphatic heterocycles. The zero-order valence-corrected chi connectivity index (χ0v) is 13.2. The number of hydrogen-bond donors (Lipinski definition) is 0. The van der Waals surface area contributed by atoms with Gasteiger partial charge in [-0.2, -0.15) is 0 Å². The van der Waals surface area contributed by atoms with Crippen LogP contribution in [0.2, 0.25) is 0 Å². The van der Waals surface area contributed by atoms with Gasteiger partial charge in [0.15, 0.2) is 0 Å². The molecule has 0 N–H and O–H groups in total. The highest BCUT2D eigenvalue weighted by Gasteiger charge is 2.46. The van der Waals surface area contributed by atoms with Crippen molar-refractivity contribution in [2.24, 2.45) is 11.8 Å². The number of carbonyl (C=O) groups excluding carboxylic acids is 1. The summed E-state index contributed by atoms with van der Waals surface area (Å²) in [6.07, 6.45) is 3.49. The van der Waals surface area contributed by atoms with Crippen LogP contribution in [0.1, 0.15) is 10.7 Å². The lowest BCUT2D eigenvalue weighted by atomic mass is 10.0. The largest absolute Gasteiger partial charge is 0.340 e. The minimum atomic E-state index is 0.0727. The highest BCUT2D eigenvalue weighted by Crippen LogP contribution is 2.34. The molecule has 2 aliphatic rings. The average molecular weight is 315 g/mol. The number of nitrogens with zero attached hydrogens (tertiary/aromatic N) is 5. The van der Waals surface area contributed by atoms with Crippen LogP contribution in [0.25, 0.3) is 0 Å². The number of thiazole rings is 1. The van der Waals surface area contributed by atoms with Gasteiger partial charge in [-0.3, -0.25) is 4.79 Å². The van der Waals surface area contributed by atoms with Gasteiger partial charge in [0.05, 0.1) is 23.2 Å². The third-order valence-corrected chi connectivity index (χ3v) is 5.20. The fourth-order valence-electron chi connectivity index (χ4n) is 3.38. The van der Waals surface area contributed by atoms with Gasteiger partial charge in [-0.25, -0.2) is 15.0 Å². The standard InChI is InChI=1S/C15H17N5OS/c1-10-18-12(9-22-10)7-19-5-11-6-20(8-13(11)14(19)21)15-16-3-2-4-17-15/h2-4,9,11,13H,5-8H2,1H3/t11-,13+/m1/s1. The van der Waals surface area contributed by atoms with E-state index in [0.717, 1.165) is 36.3 Å². The number of likely N-dealkylation sites (tertiary alicyclic amines) is 1. The van der Waals surface area contributed by atoms with Crippen molar-refractivity contribution in [1.29, 1.82) is 0 Å². The molecule has 2 aromatic rings. The Morgan fingerprint density at radius 1 is 1.27 bits per heavy atom. The van der Waals surface area contributed by atoms with Crippen LogP contribution in [0.5, 0.6) is 0 Å². The Balaban J connectivity index is 1.44. The van der Waals surface area contributed by atoms with Gasteiger partial charge in [-0.15, -0.1) is 11.3 Å². The average Bonchev–Trinajstić information content (AvgIpc) is 3.19. The molecule has 0 saturated carbocycles. The molecule has 0 aromatic carbocycles. The number of anilines is 1. The van der Waals surface area contributed by atoms with E-state index in [4.69, 9.17) is 0 Å². The van der Waals surface area contributed by atoms with E-state index >= 15 is 0 Å². The quantitative estimate of drug-likeness (QED) is 0.855. The molecule has 22 heavy (non-hydrogen) atoms. The molecule has 4 rings (SSSR count). The molecule has 0 bridgehead atoms. The molecule has 6 nitrogen and oxygen atoms in total. The van der Waals surface area contributed by atoms with Crippen molar-refractivity contribution in [3.05, 3.63) is 34.5 Å². The van der Waals surface area contributed by atoms with Crippen LogP contribution in [-0.2, 0) is 11.3 Å². The highest BCUT2D eigenvalue weighted by atomic mass is 32.1. The number of amides is 1. The summed E-state index contributed by atoms with van der Waals surface area (Å²) < 4.78 is 0. The Bertz CT molecular complexity index is 688. The zero-order valence-electron chi connectivity index (χ0n) is 12.3. The molecule has 0 spiro atoms. The summed E-state index contributed by atoms with van der Waals surface area (Å²) in [4.78, 5) is 29.7. The first kappa shape index (κ1) is 13.6. The molecule has 2 fully saturated rings. The molecule has 7 heteroatoms. The van der Waals surface area contributed by atoms with E-state index in [1.807, 2.05) is 23.3 Å². The predicted molar refractivity (Wildman–Crippen MR) is 83.5 cm³/mol. The smallest absolute Gasteiger partial charge is 0.228 e. The number of aryl methyl sites for hydroxylation is 1. The molecule has 1 amide bonds. The van der Waals surface area contributed by atoms with Crippen LogP contribution >= 0.6 is 11.3 Å². The second kappa shape index (κ2) is 5.31. The van der Waals surface area contributed by atoms with E-state index in [1.54, 1.807) is 23.7 Å². The van der Waals surface area contributed by atoms with Gasteiger partial charge in [-0.1, -0.05) is 0 Å². The normalized spacial score (nSPS) is 24.1. The Morgan fingerprint density at radius 3 is 2.77 bits per heavy atom. The SMILES string of the molecule is Cc1nc(CN2C[C@@H]3CN(c4ncccn4)C[C@@H]3C2=O)cs1. The van der Waals surface area contributed by atoms with E-state index in [-0.39, 0.29) is 11.8 Å². The highest BCUT2D eigenvalue weighted by molar-refractivity contribution is 7.09. The van der Waals surface area contributed by atoms with Gasteiger partial charge >= 0.3 is 0 Å². The summed E-state index contributed by atoms with van der Waals surface area (Å²) in [7, 11) is 0. The van der Waals surface area contributed by atoms with E-state index in [9.17, 15) is 4.79 Å². The summed E-state index contributed by atoms with van der Waals surface area (Å²) in [6, 6.07) is 1.81. The molecule has 2 atom stereocenters. The van der Waals surface area contributed by atoms with Crippen LogP contribution in [0, 0.1) is 18.8 Å². The maximum absolute atomic E-state index is 12.6. The number of hydrogen-bond acceptors (Lipinski definition) is 6. The van der Waals surface area contributed by atoms with Crippen LogP contribution in [-0.4, -0.2) is 45.4 Å². The van der Waals surface area contributed by atoms with E-state index in [2.05, 4.69) is 19.9 Å². The summed E-state index contributed by atoms with van der Waals surface area (Å²) in [6.45, 7) is 5.01. The van der Waals surface area contributed by atoms with Gasteiger partial charge in [0.2, 0.25) is 11.9 Å². The summed E-state index contributed by atoms with van der Waals surface area (Å²) in [5, 5.41) is 3.09. The summed E-state index contributed by atoms with van der Waals surface area (Å²) >= 11 is 1.63. The molecule has 2 saturated heterocycles. The molecular formula is C15H17N5OS. The third kappa shape index (κ3) is 2.35. The number of fused-ring (bicyclic) bond motifs is 1. The van der Waals surface area contributed by atoms with Gasteiger partial charge in [0.1, 0.15) is 0 Å². The molecular weight excluding hydrogens is 298 g/mol. The van der Waals surface area contributed by atoms with Crippen molar-refractivity contribution in [3.63, 3.8) is 0 Å². The van der Waals surface area contributed by atoms with Crippen molar-refractivity contribution < 1.29 is 4.79 Å². The fraction of sp³-hybridized carbons (Fsp3) is 0.467. The first-order valence-corrected chi connectivity index (χ1v) is 8.30. The summed E-state index contributed by atoms with van der Waals surface area (Å²) in [5.41, 5.74) is 0.999. The first-order valence-electron chi connectivity index (χ1n) is 7.42. The van der Waals surface area contributed by atoms with Gasteiger partial charge in [-0.05, 0) is 13.0 Å². The Labute approximate surface area is 132 Å². The lowest BCUT2D eigenvalue weighted by Crippen LogP contribution is -2.33. The lowest BCUT2D eigenvalue weighted by Gasteiger charge is -2.21. The molecule has 114 valence electrons. The maximum atomic E-state index is 12.6. The Hall–Kier alpha value is -2.02. The van der Waals surface area contributed by atoms with Crippen molar-refractivity contribution in [2.45, 2.75) is 13.5 Å². The lowest BCUT2D eigenvalue weighted by molar-refractivity contribution is -0.131. The topological polar surface area (TPSA) is 62.2 Å². The second-order valence-electron chi connectivity index (χ2n) is 5.90. The second-order valence-corrected chi connectivity index (χ2v) is 6.96. The van der Waals surface area contributed by atoms with Crippen molar-refractivity contribution in [1.82, 2.24) is 19.9 Å². The fourth-order valence-corrected chi connectivity index (χ4v) is 3.98. The van der Waals surface area contributed by atoms with Gasteiger partial charge < -0.3 is 9.80 Å². The van der Waals surface area contributed by atoms with Crippen molar-refractivity contribution in [2.75, 3.05) is 24.5 Å². The van der Waals surface area contributed by atoms with Crippen LogP contribution in [0.15, 0.2) is 23.8 Å².